The van der Waals surface area contributed by atoms with Crippen LogP contribution in [-0.2, 0) is 14.8 Å². The Morgan fingerprint density at radius 1 is 1.17 bits per heavy atom. The van der Waals surface area contributed by atoms with Crippen LogP contribution in [0.1, 0.15) is 24.0 Å². The molecule has 1 aliphatic heterocycles. The molecule has 2 aromatic rings. The molecule has 2 aromatic carbocycles. The van der Waals surface area contributed by atoms with Crippen LogP contribution in [0.2, 0.25) is 0 Å². The predicted octanol–water partition coefficient (Wildman–Crippen LogP) is 2.71. The first kappa shape index (κ1) is 21.6. The first-order chi connectivity index (χ1) is 14.1. The van der Waals surface area contributed by atoms with Gasteiger partial charge in [0.2, 0.25) is 5.91 Å². The monoisotopic (exact) mass is 432 g/mol. The van der Waals surface area contributed by atoms with E-state index in [2.05, 4.69) is 4.72 Å². The van der Waals surface area contributed by atoms with Crippen LogP contribution in [0.15, 0.2) is 41.3 Å². The molecule has 0 atom stereocenters. The number of nitrogens with two attached hydrogens (primary N) is 1. The van der Waals surface area contributed by atoms with E-state index in [4.69, 9.17) is 5.73 Å². The lowest BCUT2D eigenvalue weighted by Gasteiger charge is -2.32. The quantitative estimate of drug-likeness (QED) is 0.532. The van der Waals surface area contributed by atoms with Crippen molar-refractivity contribution >= 4 is 33.0 Å². The van der Waals surface area contributed by atoms with Gasteiger partial charge in [-0.05, 0) is 50.5 Å². The van der Waals surface area contributed by atoms with Gasteiger partial charge < -0.3 is 10.6 Å². The number of anilines is 2. The normalized spacial score (nSPS) is 15.1. The molecule has 0 unspecified atom stereocenters. The Morgan fingerprint density at radius 3 is 2.40 bits per heavy atom. The molecule has 1 heterocycles. The summed E-state index contributed by atoms with van der Waals surface area (Å²) in [6, 6.07) is 9.16. The number of carbonyl (C=O) groups is 1. The molecule has 0 saturated carbocycles. The second kappa shape index (κ2) is 8.31. The number of amides is 1. The number of benzene rings is 2. The third-order valence-corrected chi connectivity index (χ3v) is 6.68. The van der Waals surface area contributed by atoms with Crippen LogP contribution >= 0.6 is 0 Å². The second-order valence-corrected chi connectivity index (χ2v) is 9.18. The lowest BCUT2D eigenvalue weighted by Crippen LogP contribution is -2.38. The number of rotatable bonds is 6. The molecule has 1 saturated heterocycles. The number of hydrogen-bond donors (Lipinski definition) is 2. The summed E-state index contributed by atoms with van der Waals surface area (Å²) in [5.74, 6) is -0.620. The van der Waals surface area contributed by atoms with E-state index in [1.165, 1.54) is 12.1 Å². The van der Waals surface area contributed by atoms with Gasteiger partial charge in [-0.1, -0.05) is 17.7 Å². The molecule has 0 aliphatic carbocycles. The standard InChI is InChI=1S/C20H24N4O5S/c1-13-3-5-17(14(2)11-13)22-30(28,29)16-4-6-18(19(12-16)24(26)27)23-9-7-15(8-10-23)20(21)25/h3-6,11-12,15,22H,7-10H2,1-2H3,(H2,21,25). The van der Waals surface area contributed by atoms with Crippen molar-refractivity contribution in [1.29, 1.82) is 0 Å². The highest BCUT2D eigenvalue weighted by Gasteiger charge is 2.29. The minimum atomic E-state index is -4.01. The van der Waals surface area contributed by atoms with Gasteiger partial charge in [-0.25, -0.2) is 8.42 Å². The number of aryl methyl sites for hydroxylation is 2. The Hall–Kier alpha value is -3.14. The van der Waals surface area contributed by atoms with E-state index in [9.17, 15) is 23.3 Å². The minimum Gasteiger partial charge on any atom is -0.369 e. The molecule has 160 valence electrons. The molecule has 0 bridgehead atoms. The molecular weight excluding hydrogens is 408 g/mol. The van der Waals surface area contributed by atoms with Gasteiger partial charge in [-0.3, -0.25) is 19.6 Å². The van der Waals surface area contributed by atoms with E-state index >= 15 is 0 Å². The Balaban J connectivity index is 1.89. The smallest absolute Gasteiger partial charge is 0.293 e. The van der Waals surface area contributed by atoms with Gasteiger partial charge in [-0.15, -0.1) is 0 Å². The molecule has 30 heavy (non-hydrogen) atoms. The molecule has 1 aliphatic rings. The van der Waals surface area contributed by atoms with Gasteiger partial charge in [0.05, 0.1) is 15.5 Å². The maximum atomic E-state index is 12.8. The van der Waals surface area contributed by atoms with Gasteiger partial charge in [-0.2, -0.15) is 0 Å². The number of nitro groups is 1. The molecule has 9 nitrogen and oxygen atoms in total. The molecule has 1 fully saturated rings. The highest BCUT2D eigenvalue weighted by atomic mass is 32.2. The third kappa shape index (κ3) is 4.54. The Morgan fingerprint density at radius 2 is 1.83 bits per heavy atom. The number of sulfonamides is 1. The number of nitrogens with zero attached hydrogens (tertiary/aromatic N) is 2. The fourth-order valence-electron chi connectivity index (χ4n) is 3.62. The molecule has 1 amide bonds. The summed E-state index contributed by atoms with van der Waals surface area (Å²) in [5, 5.41) is 11.7. The zero-order valence-corrected chi connectivity index (χ0v) is 17.6. The van der Waals surface area contributed by atoms with Crippen molar-refractivity contribution in [3.05, 3.63) is 57.6 Å². The average molecular weight is 433 g/mol. The Labute approximate surface area is 175 Å². The summed E-state index contributed by atoms with van der Waals surface area (Å²) in [6.45, 7) is 4.55. The fraction of sp³-hybridized carbons (Fsp3) is 0.350. The van der Waals surface area contributed by atoms with Crippen molar-refractivity contribution < 1.29 is 18.1 Å². The summed E-state index contributed by atoms with van der Waals surface area (Å²) in [4.78, 5) is 24.0. The maximum absolute atomic E-state index is 12.8. The van der Waals surface area contributed by atoms with Crippen LogP contribution in [0.3, 0.4) is 0 Å². The number of nitrogens with one attached hydrogen (secondary N) is 1. The average Bonchev–Trinajstić information content (AvgIpc) is 2.69. The molecule has 3 rings (SSSR count). The fourth-order valence-corrected chi connectivity index (χ4v) is 4.77. The summed E-state index contributed by atoms with van der Waals surface area (Å²) >= 11 is 0. The van der Waals surface area contributed by atoms with Gasteiger partial charge >= 0.3 is 0 Å². The zero-order valence-electron chi connectivity index (χ0n) is 16.8. The zero-order chi connectivity index (χ0) is 22.1. The van der Waals surface area contributed by atoms with Crippen molar-refractivity contribution in [1.82, 2.24) is 0 Å². The van der Waals surface area contributed by atoms with Gasteiger partial charge in [0, 0.05) is 25.1 Å². The molecular formula is C20H24N4O5S. The summed E-state index contributed by atoms with van der Waals surface area (Å²) in [6.07, 6.45) is 1.00. The van der Waals surface area contributed by atoms with E-state index in [-0.39, 0.29) is 22.4 Å². The van der Waals surface area contributed by atoms with Crippen molar-refractivity contribution in [2.75, 3.05) is 22.7 Å². The topological polar surface area (TPSA) is 136 Å². The van der Waals surface area contributed by atoms with Crippen LogP contribution in [-0.4, -0.2) is 32.3 Å². The molecule has 10 heteroatoms. The largest absolute Gasteiger partial charge is 0.369 e. The van der Waals surface area contributed by atoms with Crippen molar-refractivity contribution in [2.45, 2.75) is 31.6 Å². The maximum Gasteiger partial charge on any atom is 0.293 e. The van der Waals surface area contributed by atoms with Crippen LogP contribution in [0.25, 0.3) is 0 Å². The number of nitro benzene ring substituents is 1. The summed E-state index contributed by atoms with van der Waals surface area (Å²) in [5.41, 5.74) is 7.54. The predicted molar refractivity (Wildman–Crippen MR) is 114 cm³/mol. The third-order valence-electron chi connectivity index (χ3n) is 5.32. The highest BCUT2D eigenvalue weighted by molar-refractivity contribution is 7.92. The van der Waals surface area contributed by atoms with Crippen LogP contribution < -0.4 is 15.4 Å². The first-order valence-corrected chi connectivity index (χ1v) is 11.0. The number of primary amides is 1. The van der Waals surface area contributed by atoms with E-state index in [0.717, 1.165) is 17.2 Å². The number of carbonyl (C=O) groups excluding carboxylic acids is 1. The van der Waals surface area contributed by atoms with Crippen LogP contribution in [0, 0.1) is 29.9 Å². The van der Waals surface area contributed by atoms with Crippen molar-refractivity contribution in [3.8, 4) is 0 Å². The van der Waals surface area contributed by atoms with Gasteiger partial charge in [0.15, 0.2) is 0 Å². The number of hydrogen-bond acceptors (Lipinski definition) is 6. The van der Waals surface area contributed by atoms with E-state index in [1.54, 1.807) is 24.0 Å². The Kier molecular flexibility index (Phi) is 5.97. The molecule has 3 N–H and O–H groups in total. The van der Waals surface area contributed by atoms with Gasteiger partial charge in [0.1, 0.15) is 5.69 Å². The lowest BCUT2D eigenvalue weighted by molar-refractivity contribution is -0.384. The SMILES string of the molecule is Cc1ccc(NS(=O)(=O)c2ccc(N3CCC(C(N)=O)CC3)c([N+](=O)[O-])c2)c(C)c1. The van der Waals surface area contributed by atoms with Crippen molar-refractivity contribution in [2.24, 2.45) is 11.7 Å². The molecule has 0 spiro atoms. The van der Waals surface area contributed by atoms with Crippen LogP contribution in [0.4, 0.5) is 17.1 Å². The molecule has 0 radical (unpaired) electrons. The highest BCUT2D eigenvalue weighted by Crippen LogP contribution is 2.34. The minimum absolute atomic E-state index is 0.190. The summed E-state index contributed by atoms with van der Waals surface area (Å²) in [7, 11) is -4.01. The Bertz CT molecular complexity index is 1090. The summed E-state index contributed by atoms with van der Waals surface area (Å²) < 4.78 is 28.1. The van der Waals surface area contributed by atoms with Crippen molar-refractivity contribution in [3.63, 3.8) is 0 Å². The van der Waals surface area contributed by atoms with E-state index in [1.807, 2.05) is 13.0 Å². The lowest BCUT2D eigenvalue weighted by atomic mass is 9.96. The molecule has 0 aromatic heterocycles. The second-order valence-electron chi connectivity index (χ2n) is 7.50. The van der Waals surface area contributed by atoms with E-state index in [0.29, 0.717) is 37.3 Å². The van der Waals surface area contributed by atoms with E-state index < -0.39 is 14.9 Å². The first-order valence-electron chi connectivity index (χ1n) is 9.51. The van der Waals surface area contributed by atoms with Crippen LogP contribution in [0.5, 0.6) is 0 Å². The van der Waals surface area contributed by atoms with Gasteiger partial charge in [0.25, 0.3) is 15.7 Å². The number of piperidine rings is 1.